The van der Waals surface area contributed by atoms with Gasteiger partial charge in [0.1, 0.15) is 5.82 Å². The van der Waals surface area contributed by atoms with Crippen LogP contribution >= 0.6 is 0 Å². The van der Waals surface area contributed by atoms with Crippen LogP contribution in [0.1, 0.15) is 39.7 Å². The van der Waals surface area contributed by atoms with Crippen LogP contribution in [-0.4, -0.2) is 68.1 Å². The third-order valence-corrected chi connectivity index (χ3v) is 7.92. The number of pyridine rings is 2. The number of hydrogen-bond donors (Lipinski definition) is 0. The largest absolute Gasteiger partial charge is 0.496 e. The maximum atomic E-state index is 13.2. The maximum Gasteiger partial charge on any atom is 0.496 e. The van der Waals surface area contributed by atoms with Crippen molar-refractivity contribution in [1.82, 2.24) is 24.6 Å². The second kappa shape index (κ2) is 8.11. The molecule has 3 aromatic heterocycles. The average Bonchev–Trinajstić information content (AvgIpc) is 3.37. The lowest BCUT2D eigenvalue weighted by Gasteiger charge is -2.56. The summed E-state index contributed by atoms with van der Waals surface area (Å²) in [6, 6.07) is 9.08. The highest BCUT2D eigenvalue weighted by Crippen LogP contribution is 2.37. The van der Waals surface area contributed by atoms with Crippen molar-refractivity contribution in [3.05, 3.63) is 60.4 Å². The van der Waals surface area contributed by atoms with Crippen molar-refractivity contribution < 1.29 is 13.7 Å². The molecule has 8 nitrogen and oxygen atoms in total. The monoisotopic (exact) mass is 476 g/mol. The van der Waals surface area contributed by atoms with Crippen LogP contribution in [0, 0.1) is 5.82 Å². The summed E-state index contributed by atoms with van der Waals surface area (Å²) < 4.78 is 27.0. The van der Waals surface area contributed by atoms with E-state index in [9.17, 15) is 4.39 Å². The van der Waals surface area contributed by atoms with Crippen LogP contribution in [0.5, 0.6) is 0 Å². The van der Waals surface area contributed by atoms with Gasteiger partial charge in [0.2, 0.25) is 0 Å². The van der Waals surface area contributed by atoms with Gasteiger partial charge in [-0.3, -0.25) is 4.90 Å². The number of piperazine rings is 1. The Morgan fingerprint density at radius 3 is 2.20 bits per heavy atom. The number of nitrogens with zero attached hydrogens (tertiary/aromatic N) is 6. The number of hydrogen-bond acceptors (Lipinski definition) is 7. The van der Waals surface area contributed by atoms with Gasteiger partial charge in [0, 0.05) is 49.6 Å². The van der Waals surface area contributed by atoms with Crippen LogP contribution in [-0.2, 0) is 15.9 Å². The zero-order valence-electron chi connectivity index (χ0n) is 20.6. The van der Waals surface area contributed by atoms with Crippen molar-refractivity contribution in [2.24, 2.45) is 0 Å². The Hall–Kier alpha value is -2.82. The van der Waals surface area contributed by atoms with Gasteiger partial charge in [0.15, 0.2) is 11.6 Å². The highest BCUT2D eigenvalue weighted by Gasteiger charge is 2.52. The highest BCUT2D eigenvalue weighted by molar-refractivity contribution is 6.62. The van der Waals surface area contributed by atoms with Crippen LogP contribution in [0.2, 0.25) is 0 Å². The van der Waals surface area contributed by atoms with Gasteiger partial charge >= 0.3 is 7.12 Å². The number of halogens is 1. The Morgan fingerprint density at radius 2 is 1.63 bits per heavy atom. The zero-order valence-corrected chi connectivity index (χ0v) is 20.6. The molecule has 0 radical (unpaired) electrons. The number of aromatic nitrogens is 4. The summed E-state index contributed by atoms with van der Waals surface area (Å²) >= 11 is 0. The van der Waals surface area contributed by atoms with Crippen molar-refractivity contribution in [3.63, 3.8) is 0 Å². The quantitative estimate of drug-likeness (QED) is 0.525. The molecule has 0 amide bonds. The Kier molecular flexibility index (Phi) is 5.25. The second-order valence-corrected chi connectivity index (χ2v) is 10.8. The minimum Gasteiger partial charge on any atom is -0.399 e. The first-order chi connectivity index (χ1) is 16.7. The van der Waals surface area contributed by atoms with Gasteiger partial charge in [-0.05, 0) is 51.8 Å². The van der Waals surface area contributed by atoms with Crippen LogP contribution in [0.15, 0.2) is 49.1 Å². The van der Waals surface area contributed by atoms with Gasteiger partial charge in [-0.25, -0.2) is 19.0 Å². The van der Waals surface area contributed by atoms with E-state index in [4.69, 9.17) is 14.3 Å². The first-order valence-electron chi connectivity index (χ1n) is 12.2. The Balaban J connectivity index is 1.07. The summed E-state index contributed by atoms with van der Waals surface area (Å²) in [6.07, 6.45) is 7.46. The predicted molar refractivity (Wildman–Crippen MR) is 131 cm³/mol. The summed E-state index contributed by atoms with van der Waals surface area (Å²) in [4.78, 5) is 14.1. The first-order valence-corrected chi connectivity index (χ1v) is 12.2. The lowest BCUT2D eigenvalue weighted by atomic mass is 9.80. The molecule has 0 aromatic carbocycles. The van der Waals surface area contributed by atoms with Gasteiger partial charge < -0.3 is 14.2 Å². The van der Waals surface area contributed by atoms with Crippen molar-refractivity contribution >= 4 is 18.4 Å². The Labute approximate surface area is 205 Å². The summed E-state index contributed by atoms with van der Waals surface area (Å²) in [5.41, 5.74) is 1.38. The number of anilines is 1. The Bertz CT molecular complexity index is 1190. The highest BCUT2D eigenvalue weighted by atomic mass is 19.1. The van der Waals surface area contributed by atoms with E-state index in [1.807, 2.05) is 24.5 Å². The van der Waals surface area contributed by atoms with E-state index in [2.05, 4.69) is 59.7 Å². The summed E-state index contributed by atoms with van der Waals surface area (Å²) in [7, 11) is -0.390. The van der Waals surface area contributed by atoms with Crippen LogP contribution in [0.25, 0.3) is 5.82 Å². The van der Waals surface area contributed by atoms with Gasteiger partial charge in [0.05, 0.1) is 23.6 Å². The van der Waals surface area contributed by atoms with Crippen molar-refractivity contribution in [2.75, 3.05) is 18.0 Å². The number of piperidine rings is 1. The number of fused-ring (bicyclic) bond motifs is 2. The van der Waals surface area contributed by atoms with Crippen LogP contribution in [0.3, 0.4) is 0 Å². The van der Waals surface area contributed by atoms with Gasteiger partial charge in [0.25, 0.3) is 0 Å². The fourth-order valence-corrected chi connectivity index (χ4v) is 5.12. The van der Waals surface area contributed by atoms with E-state index in [0.717, 1.165) is 36.5 Å². The molecule has 0 N–H and O–H groups in total. The topological polar surface area (TPSA) is 68.5 Å². The molecule has 0 saturated carbocycles. The molecule has 2 atom stereocenters. The molecule has 4 aliphatic heterocycles. The normalized spacial score (nSPS) is 25.1. The number of rotatable bonds is 5. The molecular weight excluding hydrogens is 446 g/mol. The standard InChI is InChI=1S/C25H30BFN6O2/c1-24(2)25(3,4)35-26(34-24)18-6-8-22(29-11-18)31-15-20-9-21(16-31)32(20)13-17-5-7-23(28-10-17)33-14-19(27)12-30-33/h5-8,10-12,14,20-21H,9,13,15-16H2,1-4H3. The molecule has 4 fully saturated rings. The van der Waals surface area contributed by atoms with Gasteiger partial charge in [-0.1, -0.05) is 12.1 Å². The molecule has 0 spiro atoms. The SMILES string of the molecule is CC1(C)OB(c2ccc(N3CC4CC(C3)N4Cc3ccc(-n4cc(F)cn4)nc3)nc2)OC1(C)C. The predicted octanol–water partition coefficient (Wildman–Crippen LogP) is 2.56. The first kappa shape index (κ1) is 22.6. The molecule has 0 aliphatic carbocycles. The van der Waals surface area contributed by atoms with E-state index in [0.29, 0.717) is 17.9 Å². The fourth-order valence-electron chi connectivity index (χ4n) is 5.12. The summed E-state index contributed by atoms with van der Waals surface area (Å²) in [5, 5.41) is 3.97. The van der Waals surface area contributed by atoms with E-state index in [-0.39, 0.29) is 24.1 Å². The molecule has 7 heterocycles. The molecule has 4 saturated heterocycles. The second-order valence-electron chi connectivity index (χ2n) is 10.8. The minimum absolute atomic E-state index is 0.360. The van der Waals surface area contributed by atoms with E-state index < -0.39 is 0 Å². The molecule has 4 aliphatic rings. The average molecular weight is 476 g/mol. The van der Waals surface area contributed by atoms with Gasteiger partial charge in [-0.2, -0.15) is 5.10 Å². The fraction of sp³-hybridized carbons (Fsp3) is 0.480. The lowest BCUT2D eigenvalue weighted by Crippen LogP contribution is -2.68. The van der Waals surface area contributed by atoms with Crippen LogP contribution < -0.4 is 10.4 Å². The molecule has 2 bridgehead atoms. The summed E-state index contributed by atoms with van der Waals surface area (Å²) in [5.74, 6) is 1.24. The molecule has 3 aromatic rings. The minimum atomic E-state index is -0.390. The third kappa shape index (κ3) is 4.03. The maximum absolute atomic E-state index is 13.2. The van der Waals surface area contributed by atoms with E-state index in [1.54, 1.807) is 0 Å². The van der Waals surface area contributed by atoms with Crippen molar-refractivity contribution in [1.29, 1.82) is 0 Å². The molecule has 35 heavy (non-hydrogen) atoms. The van der Waals surface area contributed by atoms with Crippen molar-refractivity contribution in [2.45, 2.75) is 63.9 Å². The third-order valence-electron chi connectivity index (χ3n) is 7.92. The zero-order chi connectivity index (χ0) is 24.4. The van der Waals surface area contributed by atoms with E-state index in [1.165, 1.54) is 23.5 Å². The molecule has 7 rings (SSSR count). The lowest BCUT2D eigenvalue weighted by molar-refractivity contribution is -0.00875. The molecular formula is C25H30BFN6O2. The van der Waals surface area contributed by atoms with Gasteiger partial charge in [-0.15, -0.1) is 0 Å². The van der Waals surface area contributed by atoms with Crippen LogP contribution in [0.4, 0.5) is 10.2 Å². The summed E-state index contributed by atoms with van der Waals surface area (Å²) in [6.45, 7) is 11.0. The van der Waals surface area contributed by atoms with Crippen molar-refractivity contribution in [3.8, 4) is 5.82 Å². The Morgan fingerprint density at radius 1 is 0.943 bits per heavy atom. The van der Waals surface area contributed by atoms with E-state index >= 15 is 0 Å². The molecule has 2 unspecified atom stereocenters. The smallest absolute Gasteiger partial charge is 0.399 e. The molecule has 182 valence electrons. The molecule has 10 heteroatoms.